The van der Waals surface area contributed by atoms with E-state index in [0.717, 1.165) is 43.6 Å². The summed E-state index contributed by atoms with van der Waals surface area (Å²) in [6, 6.07) is 6.68. The van der Waals surface area contributed by atoms with Crippen molar-refractivity contribution in [1.29, 1.82) is 0 Å². The Hall–Kier alpha value is -1.22. The highest BCUT2D eigenvalue weighted by Crippen LogP contribution is 2.32. The van der Waals surface area contributed by atoms with Gasteiger partial charge in [0.15, 0.2) is 11.5 Å². The second-order valence-electron chi connectivity index (χ2n) is 6.02. The summed E-state index contributed by atoms with van der Waals surface area (Å²) in [6.45, 7) is 4.84. The number of benzene rings is 1. The Labute approximate surface area is 121 Å². The quantitative estimate of drug-likeness (QED) is 0.889. The molecule has 3 nitrogen and oxygen atoms in total. The van der Waals surface area contributed by atoms with Crippen molar-refractivity contribution >= 4 is 0 Å². The molecule has 20 heavy (non-hydrogen) atoms. The van der Waals surface area contributed by atoms with Crippen molar-refractivity contribution in [3.8, 4) is 11.5 Å². The SMILES string of the molecule is CC(NCCC1CCC1)c1ccc2c(c1)OCCCO2. The fourth-order valence-electron chi connectivity index (χ4n) is 2.85. The number of hydrogen-bond donors (Lipinski definition) is 1. The lowest BCUT2D eigenvalue weighted by Crippen LogP contribution is -2.24. The molecule has 1 fully saturated rings. The maximum atomic E-state index is 5.76. The summed E-state index contributed by atoms with van der Waals surface area (Å²) < 4.78 is 11.4. The van der Waals surface area contributed by atoms with Crippen molar-refractivity contribution in [2.24, 2.45) is 5.92 Å². The zero-order valence-electron chi connectivity index (χ0n) is 12.4. The summed E-state index contributed by atoms with van der Waals surface area (Å²) in [5.41, 5.74) is 1.28. The van der Waals surface area contributed by atoms with Gasteiger partial charge >= 0.3 is 0 Å². The van der Waals surface area contributed by atoms with E-state index < -0.39 is 0 Å². The molecule has 1 atom stereocenters. The molecule has 1 unspecified atom stereocenters. The Morgan fingerprint density at radius 2 is 1.95 bits per heavy atom. The Morgan fingerprint density at radius 3 is 2.70 bits per heavy atom. The van der Waals surface area contributed by atoms with Crippen LogP contribution in [-0.4, -0.2) is 19.8 Å². The van der Waals surface area contributed by atoms with Crippen molar-refractivity contribution in [3.05, 3.63) is 23.8 Å². The number of hydrogen-bond acceptors (Lipinski definition) is 3. The highest BCUT2D eigenvalue weighted by atomic mass is 16.5. The van der Waals surface area contributed by atoms with Gasteiger partial charge < -0.3 is 14.8 Å². The molecule has 0 amide bonds. The molecule has 0 saturated heterocycles. The summed E-state index contributed by atoms with van der Waals surface area (Å²) in [7, 11) is 0. The van der Waals surface area contributed by atoms with Crippen LogP contribution in [0.3, 0.4) is 0 Å². The summed E-state index contributed by atoms with van der Waals surface area (Å²) in [6.07, 6.45) is 6.57. The van der Waals surface area contributed by atoms with Crippen molar-refractivity contribution in [2.75, 3.05) is 19.8 Å². The van der Waals surface area contributed by atoms with Gasteiger partial charge in [-0.25, -0.2) is 0 Å². The Kier molecular flexibility index (Phi) is 4.46. The fourth-order valence-corrected chi connectivity index (χ4v) is 2.85. The fraction of sp³-hybridized carbons (Fsp3) is 0.647. The number of rotatable bonds is 5. The van der Waals surface area contributed by atoms with Gasteiger partial charge in [-0.2, -0.15) is 0 Å². The molecular weight excluding hydrogens is 250 g/mol. The maximum Gasteiger partial charge on any atom is 0.161 e. The minimum atomic E-state index is 0.368. The highest BCUT2D eigenvalue weighted by Gasteiger charge is 2.17. The van der Waals surface area contributed by atoms with E-state index in [1.54, 1.807) is 0 Å². The van der Waals surface area contributed by atoms with Crippen molar-refractivity contribution in [1.82, 2.24) is 5.32 Å². The third-order valence-corrected chi connectivity index (χ3v) is 4.50. The third-order valence-electron chi connectivity index (χ3n) is 4.50. The molecule has 1 aromatic carbocycles. The van der Waals surface area contributed by atoms with Crippen LogP contribution >= 0.6 is 0 Å². The second kappa shape index (κ2) is 6.49. The predicted octanol–water partition coefficient (Wildman–Crippen LogP) is 3.69. The topological polar surface area (TPSA) is 30.5 Å². The molecule has 110 valence electrons. The van der Waals surface area contributed by atoms with E-state index in [1.165, 1.54) is 31.2 Å². The first-order chi connectivity index (χ1) is 9.83. The lowest BCUT2D eigenvalue weighted by Gasteiger charge is -2.26. The van der Waals surface area contributed by atoms with E-state index in [-0.39, 0.29) is 0 Å². The first-order valence-electron chi connectivity index (χ1n) is 7.96. The first-order valence-corrected chi connectivity index (χ1v) is 7.96. The highest BCUT2D eigenvalue weighted by molar-refractivity contribution is 5.44. The van der Waals surface area contributed by atoms with Gasteiger partial charge in [-0.15, -0.1) is 0 Å². The Morgan fingerprint density at radius 1 is 1.15 bits per heavy atom. The molecule has 1 aromatic rings. The smallest absolute Gasteiger partial charge is 0.161 e. The molecule has 1 saturated carbocycles. The number of fused-ring (bicyclic) bond motifs is 1. The zero-order chi connectivity index (χ0) is 13.8. The largest absolute Gasteiger partial charge is 0.490 e. The Balaban J connectivity index is 1.56. The van der Waals surface area contributed by atoms with E-state index in [0.29, 0.717) is 6.04 Å². The van der Waals surface area contributed by atoms with Crippen molar-refractivity contribution in [2.45, 2.75) is 45.1 Å². The molecule has 3 rings (SSSR count). The summed E-state index contributed by atoms with van der Waals surface area (Å²) >= 11 is 0. The predicted molar refractivity (Wildman–Crippen MR) is 80.4 cm³/mol. The van der Waals surface area contributed by atoms with E-state index >= 15 is 0 Å². The lowest BCUT2D eigenvalue weighted by molar-refractivity contribution is 0.288. The molecule has 1 N–H and O–H groups in total. The molecule has 0 spiro atoms. The molecule has 1 aliphatic carbocycles. The van der Waals surface area contributed by atoms with Gasteiger partial charge in [0.05, 0.1) is 13.2 Å². The lowest BCUT2D eigenvalue weighted by atomic mass is 9.83. The van der Waals surface area contributed by atoms with E-state index in [2.05, 4.69) is 24.4 Å². The maximum absolute atomic E-state index is 5.76. The molecule has 1 heterocycles. The molecule has 0 bridgehead atoms. The van der Waals surface area contributed by atoms with Crippen LogP contribution < -0.4 is 14.8 Å². The molecule has 2 aliphatic rings. The zero-order valence-corrected chi connectivity index (χ0v) is 12.4. The van der Waals surface area contributed by atoms with Gasteiger partial charge in [0.2, 0.25) is 0 Å². The first kappa shape index (κ1) is 13.7. The van der Waals surface area contributed by atoms with Gasteiger partial charge in [-0.05, 0) is 43.5 Å². The van der Waals surface area contributed by atoms with Crippen LogP contribution in [0.1, 0.15) is 50.6 Å². The average Bonchev–Trinajstić information content (AvgIpc) is 2.65. The Bertz CT molecular complexity index is 443. The minimum Gasteiger partial charge on any atom is -0.490 e. The molecule has 3 heteroatoms. The van der Waals surface area contributed by atoms with Gasteiger partial charge in [0.1, 0.15) is 0 Å². The van der Waals surface area contributed by atoms with Crippen molar-refractivity contribution in [3.63, 3.8) is 0 Å². The standard InChI is InChI=1S/C17H25NO2/c1-13(18-9-8-14-4-2-5-14)15-6-7-16-17(12-15)20-11-3-10-19-16/h6-7,12-14,18H,2-5,8-11H2,1H3. The van der Waals surface area contributed by atoms with Crippen LogP contribution in [0.2, 0.25) is 0 Å². The number of nitrogens with one attached hydrogen (secondary N) is 1. The van der Waals surface area contributed by atoms with Crippen LogP contribution in [-0.2, 0) is 0 Å². The van der Waals surface area contributed by atoms with Crippen LogP contribution in [0.15, 0.2) is 18.2 Å². The van der Waals surface area contributed by atoms with E-state index in [1.807, 2.05) is 6.07 Å². The normalized spacial score (nSPS) is 20.1. The second-order valence-corrected chi connectivity index (χ2v) is 6.02. The molecule has 0 aromatic heterocycles. The summed E-state index contributed by atoms with van der Waals surface area (Å²) in [4.78, 5) is 0. The van der Waals surface area contributed by atoms with Crippen LogP contribution in [0.5, 0.6) is 11.5 Å². The van der Waals surface area contributed by atoms with Gasteiger partial charge in [-0.1, -0.05) is 25.3 Å². The number of ether oxygens (including phenoxy) is 2. The van der Waals surface area contributed by atoms with Gasteiger partial charge in [0, 0.05) is 12.5 Å². The molecule has 0 radical (unpaired) electrons. The monoisotopic (exact) mass is 275 g/mol. The minimum absolute atomic E-state index is 0.368. The van der Waals surface area contributed by atoms with E-state index in [9.17, 15) is 0 Å². The van der Waals surface area contributed by atoms with Gasteiger partial charge in [0.25, 0.3) is 0 Å². The van der Waals surface area contributed by atoms with Crippen LogP contribution in [0, 0.1) is 5.92 Å². The summed E-state index contributed by atoms with van der Waals surface area (Å²) in [5, 5.41) is 3.62. The average molecular weight is 275 g/mol. The molecule has 1 aliphatic heterocycles. The van der Waals surface area contributed by atoms with Crippen LogP contribution in [0.4, 0.5) is 0 Å². The van der Waals surface area contributed by atoms with Crippen LogP contribution in [0.25, 0.3) is 0 Å². The van der Waals surface area contributed by atoms with Crippen molar-refractivity contribution < 1.29 is 9.47 Å². The van der Waals surface area contributed by atoms with E-state index in [4.69, 9.17) is 9.47 Å². The molecular formula is C17H25NO2. The summed E-state index contributed by atoms with van der Waals surface area (Å²) in [5.74, 6) is 2.75. The van der Waals surface area contributed by atoms with Gasteiger partial charge in [-0.3, -0.25) is 0 Å². The third kappa shape index (κ3) is 3.26.